The second-order valence-electron chi connectivity index (χ2n) is 7.00. The van der Waals surface area contributed by atoms with Crippen molar-refractivity contribution in [2.45, 2.75) is 32.4 Å². The molecule has 1 aliphatic rings. The summed E-state index contributed by atoms with van der Waals surface area (Å²) < 4.78 is 11.1. The molecule has 0 radical (unpaired) electrons. The minimum Gasteiger partial charge on any atom is -0.448 e. The number of nitrogens with zero attached hydrogens (tertiary/aromatic N) is 3. The van der Waals surface area contributed by atoms with Crippen LogP contribution in [0.3, 0.4) is 0 Å². The summed E-state index contributed by atoms with van der Waals surface area (Å²) in [5, 5.41) is 8.61. The van der Waals surface area contributed by atoms with Gasteiger partial charge in [0, 0.05) is 13.0 Å². The topological polar surface area (TPSA) is 85.5 Å². The number of cyclic esters (lactones) is 1. The van der Waals surface area contributed by atoms with Crippen LogP contribution in [0.4, 0.5) is 0 Å². The first kappa shape index (κ1) is 20.1. The molecule has 2 heterocycles. The summed E-state index contributed by atoms with van der Waals surface area (Å²) in [6.07, 6.45) is 0.203. The molecule has 8 heteroatoms. The number of rotatable bonds is 6. The molecule has 0 aliphatic carbocycles. The summed E-state index contributed by atoms with van der Waals surface area (Å²) in [7, 11) is 0. The Labute approximate surface area is 178 Å². The minimum atomic E-state index is -0.870. The Balaban J connectivity index is 1.51. The molecular weight excluding hydrogens is 406 g/mol. The zero-order valence-electron chi connectivity index (χ0n) is 16.4. The molecule has 1 unspecified atom stereocenters. The lowest BCUT2D eigenvalue weighted by atomic mass is 9.98. The lowest BCUT2D eigenvalue weighted by Gasteiger charge is -2.29. The van der Waals surface area contributed by atoms with Crippen LogP contribution >= 0.6 is 11.6 Å². The quantitative estimate of drug-likeness (QED) is 0.556. The molecule has 0 saturated heterocycles. The Morgan fingerprint density at radius 1 is 1.13 bits per heavy atom. The molecule has 1 amide bonds. The molecule has 154 valence electrons. The maximum atomic E-state index is 13.1. The normalized spacial score (nSPS) is 15.4. The van der Waals surface area contributed by atoms with Gasteiger partial charge in [-0.05, 0) is 30.2 Å². The third-order valence-corrected chi connectivity index (χ3v) is 5.20. The number of esters is 1. The molecule has 0 spiro atoms. The fraction of sp³-hybridized carbons (Fsp3) is 0.273. The van der Waals surface area contributed by atoms with E-state index in [2.05, 4.69) is 10.2 Å². The van der Waals surface area contributed by atoms with Gasteiger partial charge in [-0.1, -0.05) is 48.9 Å². The Bertz CT molecular complexity index is 1080. The SMILES string of the molecule is CCCN(Cc1nnc(-c2ccccc2Cl)o1)C(=O)C1Cc2ccccc2C(=O)O1. The number of benzene rings is 2. The molecule has 4 rings (SSSR count). The van der Waals surface area contributed by atoms with Crippen LogP contribution in [-0.2, 0) is 22.5 Å². The van der Waals surface area contributed by atoms with Crippen LogP contribution in [0.15, 0.2) is 52.9 Å². The number of carbonyl (C=O) groups is 2. The summed E-state index contributed by atoms with van der Waals surface area (Å²) in [4.78, 5) is 27.0. The summed E-state index contributed by atoms with van der Waals surface area (Å²) in [6.45, 7) is 2.56. The van der Waals surface area contributed by atoms with Crippen molar-refractivity contribution in [1.82, 2.24) is 15.1 Å². The fourth-order valence-corrected chi connectivity index (χ4v) is 3.65. The standard InChI is InChI=1S/C22H20ClN3O4/c1-2-11-26(13-19-24-25-20(30-19)16-9-5-6-10-17(16)23)21(27)18-12-14-7-3-4-8-15(14)22(28)29-18/h3-10,18H,2,11-13H2,1H3. The van der Waals surface area contributed by atoms with E-state index < -0.39 is 12.1 Å². The number of ether oxygens (including phenoxy) is 1. The molecule has 1 aliphatic heterocycles. The average Bonchev–Trinajstić information content (AvgIpc) is 3.21. The maximum absolute atomic E-state index is 13.1. The van der Waals surface area contributed by atoms with Crippen molar-refractivity contribution in [2.24, 2.45) is 0 Å². The molecule has 0 saturated carbocycles. The fourth-order valence-electron chi connectivity index (χ4n) is 3.43. The van der Waals surface area contributed by atoms with E-state index in [0.717, 1.165) is 12.0 Å². The minimum absolute atomic E-state index is 0.125. The van der Waals surface area contributed by atoms with Gasteiger partial charge in [0.05, 0.1) is 22.7 Å². The van der Waals surface area contributed by atoms with E-state index in [0.29, 0.717) is 29.1 Å². The molecule has 1 aromatic heterocycles. The van der Waals surface area contributed by atoms with Gasteiger partial charge >= 0.3 is 5.97 Å². The van der Waals surface area contributed by atoms with Gasteiger partial charge in [-0.3, -0.25) is 4.79 Å². The van der Waals surface area contributed by atoms with Crippen molar-refractivity contribution in [3.05, 3.63) is 70.6 Å². The van der Waals surface area contributed by atoms with Crippen LogP contribution in [0.5, 0.6) is 0 Å². The number of amides is 1. The third kappa shape index (κ3) is 4.07. The van der Waals surface area contributed by atoms with E-state index in [4.69, 9.17) is 20.8 Å². The van der Waals surface area contributed by atoms with Crippen LogP contribution in [0.2, 0.25) is 5.02 Å². The monoisotopic (exact) mass is 425 g/mol. The Hall–Kier alpha value is -3.19. The highest BCUT2D eigenvalue weighted by atomic mass is 35.5. The number of halogens is 1. The number of hydrogen-bond acceptors (Lipinski definition) is 6. The maximum Gasteiger partial charge on any atom is 0.339 e. The van der Waals surface area contributed by atoms with E-state index >= 15 is 0 Å². The van der Waals surface area contributed by atoms with Gasteiger partial charge in [0.25, 0.3) is 5.91 Å². The van der Waals surface area contributed by atoms with Crippen LogP contribution in [-0.4, -0.2) is 39.6 Å². The predicted octanol–water partition coefficient (Wildman–Crippen LogP) is 3.91. The highest BCUT2D eigenvalue weighted by molar-refractivity contribution is 6.33. The number of hydrogen-bond donors (Lipinski definition) is 0. The molecule has 1 atom stereocenters. The van der Waals surface area contributed by atoms with E-state index in [1.165, 1.54) is 0 Å². The molecule has 7 nitrogen and oxygen atoms in total. The Kier molecular flexibility index (Phi) is 5.81. The zero-order valence-corrected chi connectivity index (χ0v) is 17.1. The largest absolute Gasteiger partial charge is 0.448 e. The summed E-state index contributed by atoms with van der Waals surface area (Å²) in [5.74, 6) is -0.186. The van der Waals surface area contributed by atoms with Gasteiger partial charge in [0.2, 0.25) is 11.8 Å². The van der Waals surface area contributed by atoms with E-state index in [-0.39, 0.29) is 24.2 Å². The van der Waals surface area contributed by atoms with Crippen molar-refractivity contribution < 1.29 is 18.7 Å². The number of aromatic nitrogens is 2. The van der Waals surface area contributed by atoms with Gasteiger partial charge in [-0.2, -0.15) is 0 Å². The molecule has 30 heavy (non-hydrogen) atoms. The average molecular weight is 426 g/mol. The molecule has 0 N–H and O–H groups in total. The van der Waals surface area contributed by atoms with Gasteiger partial charge in [-0.25, -0.2) is 4.79 Å². The van der Waals surface area contributed by atoms with E-state index in [9.17, 15) is 9.59 Å². The lowest BCUT2D eigenvalue weighted by Crippen LogP contribution is -2.44. The predicted molar refractivity (Wildman–Crippen MR) is 110 cm³/mol. The molecule has 3 aromatic rings. The molecule has 0 bridgehead atoms. The van der Waals surface area contributed by atoms with E-state index in [1.54, 1.807) is 29.2 Å². The van der Waals surface area contributed by atoms with Gasteiger partial charge < -0.3 is 14.1 Å². The highest BCUT2D eigenvalue weighted by Crippen LogP contribution is 2.27. The van der Waals surface area contributed by atoms with Gasteiger partial charge in [-0.15, -0.1) is 10.2 Å². The smallest absolute Gasteiger partial charge is 0.339 e. The molecular formula is C22H20ClN3O4. The highest BCUT2D eigenvalue weighted by Gasteiger charge is 2.34. The zero-order chi connectivity index (χ0) is 21.1. The first-order valence-electron chi connectivity index (χ1n) is 9.71. The van der Waals surface area contributed by atoms with Crippen LogP contribution in [0.25, 0.3) is 11.5 Å². The van der Waals surface area contributed by atoms with Crippen molar-refractivity contribution in [3.8, 4) is 11.5 Å². The van der Waals surface area contributed by atoms with Gasteiger partial charge in [0.15, 0.2) is 6.10 Å². The van der Waals surface area contributed by atoms with Crippen molar-refractivity contribution in [3.63, 3.8) is 0 Å². The van der Waals surface area contributed by atoms with Crippen LogP contribution < -0.4 is 0 Å². The Morgan fingerprint density at radius 3 is 2.63 bits per heavy atom. The summed E-state index contributed by atoms with van der Waals surface area (Å²) >= 11 is 6.19. The van der Waals surface area contributed by atoms with Crippen molar-refractivity contribution in [2.75, 3.05) is 6.54 Å². The summed E-state index contributed by atoms with van der Waals surface area (Å²) in [6, 6.07) is 14.3. The lowest BCUT2D eigenvalue weighted by molar-refractivity contribution is -0.142. The van der Waals surface area contributed by atoms with Crippen LogP contribution in [0, 0.1) is 0 Å². The van der Waals surface area contributed by atoms with Crippen LogP contribution in [0.1, 0.15) is 35.2 Å². The second kappa shape index (κ2) is 8.67. The Morgan fingerprint density at radius 2 is 1.87 bits per heavy atom. The number of fused-ring (bicyclic) bond motifs is 1. The molecule has 0 fully saturated rings. The molecule has 2 aromatic carbocycles. The third-order valence-electron chi connectivity index (χ3n) is 4.87. The first-order valence-corrected chi connectivity index (χ1v) is 10.1. The first-order chi connectivity index (χ1) is 14.6. The van der Waals surface area contributed by atoms with Crippen molar-refractivity contribution >= 4 is 23.5 Å². The number of carbonyl (C=O) groups excluding carboxylic acids is 2. The van der Waals surface area contributed by atoms with Gasteiger partial charge in [0.1, 0.15) is 0 Å². The second-order valence-corrected chi connectivity index (χ2v) is 7.40. The van der Waals surface area contributed by atoms with E-state index in [1.807, 2.05) is 31.2 Å². The summed E-state index contributed by atoms with van der Waals surface area (Å²) in [5.41, 5.74) is 1.94. The van der Waals surface area contributed by atoms with Crippen molar-refractivity contribution in [1.29, 1.82) is 0 Å².